The number of allylic oxidation sites excluding steroid dienone is 3. The van der Waals surface area contributed by atoms with Crippen molar-refractivity contribution >= 4 is 11.8 Å². The van der Waals surface area contributed by atoms with Crippen LogP contribution in [0.4, 0.5) is 0 Å². The minimum absolute atomic E-state index is 0.0501. The van der Waals surface area contributed by atoms with E-state index in [0.29, 0.717) is 11.8 Å². The summed E-state index contributed by atoms with van der Waals surface area (Å²) in [5.41, 5.74) is 2.05. The maximum absolute atomic E-state index is 13.3. The Morgan fingerprint density at radius 2 is 1.97 bits per heavy atom. The van der Waals surface area contributed by atoms with Crippen LogP contribution < -0.4 is 0 Å². The van der Waals surface area contributed by atoms with Crippen LogP contribution in [0.5, 0.6) is 0 Å². The molecule has 2 aliphatic heterocycles. The molecular weight excluding hydrogens is 416 g/mol. The Labute approximate surface area is 196 Å². The molecule has 0 amide bonds. The van der Waals surface area contributed by atoms with Gasteiger partial charge in [0.25, 0.3) is 0 Å². The second kappa shape index (κ2) is 6.69. The number of esters is 1. The number of hydrogen-bond acceptors (Lipinski definition) is 5. The van der Waals surface area contributed by atoms with E-state index in [1.807, 2.05) is 6.92 Å². The lowest BCUT2D eigenvalue weighted by atomic mass is 9.45. The number of epoxide rings is 1. The predicted octanol–water partition coefficient (Wildman–Crippen LogP) is 4.30. The summed E-state index contributed by atoms with van der Waals surface area (Å²) in [6.45, 7) is 10.6. The summed E-state index contributed by atoms with van der Waals surface area (Å²) in [5.74, 6) is 1.14. The molecule has 33 heavy (non-hydrogen) atoms. The van der Waals surface area contributed by atoms with Crippen molar-refractivity contribution in [3.05, 3.63) is 34.9 Å². The number of carbonyl (C=O) groups is 2. The van der Waals surface area contributed by atoms with E-state index in [1.165, 1.54) is 5.57 Å². The van der Waals surface area contributed by atoms with Crippen molar-refractivity contribution in [1.82, 2.24) is 0 Å². The third-order valence-electron chi connectivity index (χ3n) is 11.0. The Balaban J connectivity index is 1.29. The molecule has 10 atom stereocenters. The average molecular weight is 453 g/mol. The van der Waals surface area contributed by atoms with Gasteiger partial charge in [-0.3, -0.25) is 4.79 Å². The van der Waals surface area contributed by atoms with Crippen LogP contribution in [0.2, 0.25) is 0 Å². The topological polar surface area (TPSA) is 76.1 Å². The predicted molar refractivity (Wildman–Crippen MR) is 123 cm³/mol. The molecule has 1 spiro atoms. The number of aliphatic hydroxyl groups is 1. The van der Waals surface area contributed by atoms with Crippen molar-refractivity contribution in [2.75, 3.05) is 0 Å². The van der Waals surface area contributed by atoms with Crippen molar-refractivity contribution in [1.29, 1.82) is 0 Å². The minimum Gasteiger partial charge on any atom is -0.458 e. The average Bonchev–Trinajstić information content (AvgIpc) is 3.41. The third kappa shape index (κ3) is 2.51. The molecule has 0 aromatic rings. The van der Waals surface area contributed by atoms with Gasteiger partial charge < -0.3 is 14.6 Å². The number of hydrogen-bond donors (Lipinski definition) is 1. The van der Waals surface area contributed by atoms with Gasteiger partial charge in [0.2, 0.25) is 0 Å². The highest BCUT2D eigenvalue weighted by Gasteiger charge is 2.79. The van der Waals surface area contributed by atoms with E-state index >= 15 is 0 Å². The van der Waals surface area contributed by atoms with Crippen LogP contribution >= 0.6 is 0 Å². The minimum atomic E-state index is -0.725. The van der Waals surface area contributed by atoms with Crippen LogP contribution in [0, 0.1) is 34.5 Å². The molecule has 4 aliphatic carbocycles. The Morgan fingerprint density at radius 3 is 2.70 bits per heavy atom. The van der Waals surface area contributed by atoms with Crippen molar-refractivity contribution < 1.29 is 24.2 Å². The fourth-order valence-corrected chi connectivity index (χ4v) is 8.80. The molecule has 0 radical (unpaired) electrons. The van der Waals surface area contributed by atoms with Gasteiger partial charge in [-0.15, -0.1) is 0 Å². The van der Waals surface area contributed by atoms with Crippen LogP contribution in [0.3, 0.4) is 0 Å². The van der Waals surface area contributed by atoms with Gasteiger partial charge in [-0.05, 0) is 87.7 Å². The molecule has 6 rings (SSSR count). The molecule has 6 aliphatic rings. The summed E-state index contributed by atoms with van der Waals surface area (Å²) in [7, 11) is 0. The molecule has 1 N–H and O–H groups in total. The number of carbonyl (C=O) groups excluding carboxylic acids is 2. The van der Waals surface area contributed by atoms with Crippen molar-refractivity contribution in [2.45, 2.75) is 90.6 Å². The van der Waals surface area contributed by atoms with E-state index < -0.39 is 17.1 Å². The quantitative estimate of drug-likeness (QED) is 0.384. The standard InChI is InChI=1S/C28H36O5/c1-14-12-21(32-25(31)15(14)2)16(3)18-6-7-19-17-13-24-28(33-24)23(30)9-8-22(29)27(28,5)20(17)10-11-26(18,19)4/h7-9,16-18,20-21,23-24,30H,6,10-13H2,1-5H3/t16-,17?,18?,20?,21+,23-,24+,26+,27-,28+/m0/s1. The summed E-state index contributed by atoms with van der Waals surface area (Å²) in [6.07, 6.45) is 9.52. The van der Waals surface area contributed by atoms with Crippen molar-refractivity contribution in [2.24, 2.45) is 34.5 Å². The van der Waals surface area contributed by atoms with Gasteiger partial charge in [-0.1, -0.05) is 31.1 Å². The summed E-state index contributed by atoms with van der Waals surface area (Å²) in [6, 6.07) is 0. The van der Waals surface area contributed by atoms with Crippen LogP contribution in [-0.4, -0.2) is 40.8 Å². The number of aliphatic hydroxyl groups excluding tert-OH is 1. The Hall–Kier alpha value is -1.72. The van der Waals surface area contributed by atoms with Crippen molar-refractivity contribution in [3.8, 4) is 0 Å². The first-order chi connectivity index (χ1) is 15.6. The van der Waals surface area contributed by atoms with E-state index in [4.69, 9.17) is 9.47 Å². The second-order valence-electron chi connectivity index (χ2n) is 12.1. The molecule has 2 saturated carbocycles. The summed E-state index contributed by atoms with van der Waals surface area (Å²) in [4.78, 5) is 25.7. The molecule has 178 valence electrons. The molecular formula is C28H36O5. The van der Waals surface area contributed by atoms with E-state index in [-0.39, 0.29) is 41.2 Å². The highest BCUT2D eigenvalue weighted by atomic mass is 16.6. The number of rotatable bonds is 2. The van der Waals surface area contributed by atoms with Gasteiger partial charge in [0.1, 0.15) is 17.8 Å². The number of fused-ring (bicyclic) bond motifs is 4. The second-order valence-corrected chi connectivity index (χ2v) is 12.1. The number of ketones is 1. The number of ether oxygens (including phenoxy) is 2. The zero-order valence-electron chi connectivity index (χ0n) is 20.4. The lowest BCUT2D eigenvalue weighted by molar-refractivity contribution is -0.151. The van der Waals surface area contributed by atoms with Crippen LogP contribution in [0.25, 0.3) is 0 Å². The first kappa shape index (κ1) is 21.8. The van der Waals surface area contributed by atoms with Crippen molar-refractivity contribution in [3.63, 3.8) is 0 Å². The molecule has 0 aromatic heterocycles. The maximum Gasteiger partial charge on any atom is 0.333 e. The SMILES string of the molecule is CC1=C(C)C(=O)O[C@@H]([C@@H](C)C2CC=C3C4C[C@H]5O[C@]56[C@@H](O)C=CC(=O)[C@]6(C)C4CC[C@@]32C)C1. The van der Waals surface area contributed by atoms with Crippen LogP contribution in [0.1, 0.15) is 66.7 Å². The third-order valence-corrected chi connectivity index (χ3v) is 11.0. The summed E-state index contributed by atoms with van der Waals surface area (Å²) < 4.78 is 12.1. The Bertz CT molecular complexity index is 1040. The first-order valence-corrected chi connectivity index (χ1v) is 12.7. The van der Waals surface area contributed by atoms with E-state index in [0.717, 1.165) is 43.3 Å². The molecule has 1 saturated heterocycles. The molecule has 5 heteroatoms. The highest BCUT2D eigenvalue weighted by Crippen LogP contribution is 2.72. The first-order valence-electron chi connectivity index (χ1n) is 12.7. The van der Waals surface area contributed by atoms with Gasteiger partial charge in [-0.2, -0.15) is 0 Å². The van der Waals surface area contributed by atoms with E-state index in [9.17, 15) is 14.7 Å². The van der Waals surface area contributed by atoms with E-state index in [1.54, 1.807) is 12.2 Å². The van der Waals surface area contributed by atoms with Crippen LogP contribution in [-0.2, 0) is 19.1 Å². The van der Waals surface area contributed by atoms with Gasteiger partial charge in [0.05, 0.1) is 11.5 Å². The Kier molecular flexibility index (Phi) is 4.42. The molecule has 0 bridgehead atoms. The fraction of sp³-hybridized carbons (Fsp3) is 0.714. The molecule has 3 unspecified atom stereocenters. The smallest absolute Gasteiger partial charge is 0.333 e. The fourth-order valence-electron chi connectivity index (χ4n) is 8.80. The van der Waals surface area contributed by atoms with Crippen LogP contribution in [0.15, 0.2) is 34.9 Å². The van der Waals surface area contributed by atoms with E-state index in [2.05, 4.69) is 33.8 Å². The number of cyclic esters (lactones) is 1. The monoisotopic (exact) mass is 452 g/mol. The lowest BCUT2D eigenvalue weighted by Gasteiger charge is -2.56. The molecule has 5 nitrogen and oxygen atoms in total. The zero-order chi connectivity index (χ0) is 23.5. The van der Waals surface area contributed by atoms with Gasteiger partial charge in [0, 0.05) is 12.0 Å². The summed E-state index contributed by atoms with van der Waals surface area (Å²) in [5, 5.41) is 10.8. The molecule has 3 fully saturated rings. The van der Waals surface area contributed by atoms with Gasteiger partial charge in [0.15, 0.2) is 5.78 Å². The van der Waals surface area contributed by atoms with Gasteiger partial charge in [-0.25, -0.2) is 4.79 Å². The molecule has 0 aromatic carbocycles. The maximum atomic E-state index is 13.3. The largest absolute Gasteiger partial charge is 0.458 e. The van der Waals surface area contributed by atoms with Gasteiger partial charge >= 0.3 is 5.97 Å². The summed E-state index contributed by atoms with van der Waals surface area (Å²) >= 11 is 0. The normalized spacial score (nSPS) is 51.2. The highest BCUT2D eigenvalue weighted by molar-refractivity contribution is 5.98. The lowest BCUT2D eigenvalue weighted by Crippen LogP contribution is -2.62. The zero-order valence-corrected chi connectivity index (χ0v) is 20.4. The Morgan fingerprint density at radius 1 is 1.21 bits per heavy atom. The molecule has 2 heterocycles.